The molecule has 1 aliphatic rings. The van der Waals surface area contributed by atoms with Gasteiger partial charge in [0.25, 0.3) is 0 Å². The molecule has 0 saturated carbocycles. The molecule has 0 bridgehead atoms. The van der Waals surface area contributed by atoms with E-state index in [0.717, 1.165) is 11.1 Å². The first-order valence-corrected chi connectivity index (χ1v) is 5.80. The van der Waals surface area contributed by atoms with Crippen LogP contribution in [0.5, 0.6) is 0 Å². The number of carboxylic acids is 1. The van der Waals surface area contributed by atoms with Crippen LogP contribution in [-0.4, -0.2) is 17.0 Å². The lowest BCUT2D eigenvalue weighted by atomic mass is 9.98. The predicted molar refractivity (Wildman–Crippen MR) is 67.7 cm³/mol. The fourth-order valence-electron chi connectivity index (χ4n) is 2.19. The minimum Gasteiger partial charge on any atom is -0.478 e. The second kappa shape index (κ2) is 4.24. The van der Waals surface area contributed by atoms with Crippen LogP contribution in [0.2, 0.25) is 0 Å². The average molecular weight is 254 g/mol. The van der Waals surface area contributed by atoms with Gasteiger partial charge in [-0.15, -0.1) is 0 Å². The van der Waals surface area contributed by atoms with E-state index in [-0.39, 0.29) is 0 Å². The summed E-state index contributed by atoms with van der Waals surface area (Å²) >= 11 is 0. The van der Waals surface area contributed by atoms with Gasteiger partial charge < -0.3 is 9.84 Å². The summed E-state index contributed by atoms with van der Waals surface area (Å²) in [5, 5.41) is 8.99. The first-order chi connectivity index (χ1) is 9.16. The number of esters is 1. The second-order valence-electron chi connectivity index (χ2n) is 4.29. The summed E-state index contributed by atoms with van der Waals surface area (Å²) in [6.45, 7) is 0. The van der Waals surface area contributed by atoms with E-state index in [0.29, 0.717) is 11.1 Å². The number of carbonyl (C=O) groups excluding carboxylic acids is 1. The monoisotopic (exact) mass is 254 g/mol. The van der Waals surface area contributed by atoms with E-state index in [1.165, 1.54) is 0 Å². The lowest BCUT2D eigenvalue weighted by Crippen LogP contribution is -2.10. The second-order valence-corrected chi connectivity index (χ2v) is 4.29. The first kappa shape index (κ1) is 11.5. The van der Waals surface area contributed by atoms with Gasteiger partial charge in [0.15, 0.2) is 0 Å². The van der Waals surface area contributed by atoms with Gasteiger partial charge in [0.05, 0.1) is 5.56 Å². The lowest BCUT2D eigenvalue weighted by Gasteiger charge is -2.05. The molecule has 1 aliphatic heterocycles. The number of aliphatic carboxylic acids is 1. The average Bonchev–Trinajstić information content (AvgIpc) is 2.77. The molecule has 0 aromatic heterocycles. The Bertz CT molecular complexity index is 661. The van der Waals surface area contributed by atoms with E-state index in [1.54, 1.807) is 18.2 Å². The van der Waals surface area contributed by atoms with Crippen molar-refractivity contribution in [3.63, 3.8) is 0 Å². The molecule has 0 aliphatic carbocycles. The van der Waals surface area contributed by atoms with Crippen LogP contribution in [0.1, 0.15) is 22.0 Å². The van der Waals surface area contributed by atoms with Gasteiger partial charge in [-0.1, -0.05) is 42.5 Å². The Morgan fingerprint density at radius 2 is 1.79 bits per heavy atom. The Morgan fingerprint density at radius 1 is 1.05 bits per heavy atom. The van der Waals surface area contributed by atoms with Gasteiger partial charge in [-0.2, -0.15) is 0 Å². The van der Waals surface area contributed by atoms with E-state index >= 15 is 0 Å². The Morgan fingerprint density at radius 3 is 2.47 bits per heavy atom. The molecule has 19 heavy (non-hydrogen) atoms. The van der Waals surface area contributed by atoms with E-state index in [9.17, 15) is 9.59 Å². The number of fused-ring (bicyclic) bond motifs is 1. The molecule has 2 aromatic rings. The van der Waals surface area contributed by atoms with Gasteiger partial charge in [0.1, 0.15) is 0 Å². The number of cyclic esters (lactones) is 1. The number of carboxylic acid groups (broad SMARTS) is 1. The van der Waals surface area contributed by atoms with Gasteiger partial charge in [-0.05, 0) is 17.2 Å². The molecule has 4 nitrogen and oxygen atoms in total. The van der Waals surface area contributed by atoms with Crippen molar-refractivity contribution >= 4 is 11.9 Å². The lowest BCUT2D eigenvalue weighted by molar-refractivity contribution is -0.146. The van der Waals surface area contributed by atoms with Crippen molar-refractivity contribution in [2.24, 2.45) is 0 Å². The number of hydrogen-bond donors (Lipinski definition) is 1. The van der Waals surface area contributed by atoms with E-state index in [1.807, 2.05) is 30.3 Å². The van der Waals surface area contributed by atoms with Crippen LogP contribution in [0, 0.1) is 0 Å². The highest BCUT2D eigenvalue weighted by Gasteiger charge is 2.36. The molecule has 1 heterocycles. The van der Waals surface area contributed by atoms with Crippen molar-refractivity contribution in [2.45, 2.75) is 6.10 Å². The maximum Gasteiger partial charge on any atom is 0.349 e. The normalized spacial score (nSPS) is 16.8. The van der Waals surface area contributed by atoms with Crippen LogP contribution in [0.15, 0.2) is 48.5 Å². The Balaban J connectivity index is 2.09. The molecule has 0 amide bonds. The molecule has 3 rings (SSSR count). The fraction of sp³-hybridized carbons (Fsp3) is 0.0667. The van der Waals surface area contributed by atoms with Crippen LogP contribution < -0.4 is 0 Å². The SMILES string of the molecule is O=C1OC(C(=O)O)c2ccc(-c3ccccc3)cc21. The Labute approximate surface area is 109 Å². The summed E-state index contributed by atoms with van der Waals surface area (Å²) < 4.78 is 4.85. The van der Waals surface area contributed by atoms with Gasteiger partial charge in [0.2, 0.25) is 6.10 Å². The standard InChI is InChI=1S/C15H10O4/c16-14(17)13-11-7-6-10(8-12(11)15(18)19-13)9-4-2-1-3-5-9/h1-8,13H,(H,16,17). The van der Waals surface area contributed by atoms with Crippen molar-refractivity contribution in [3.05, 3.63) is 59.7 Å². The van der Waals surface area contributed by atoms with Crippen LogP contribution in [0.4, 0.5) is 0 Å². The summed E-state index contributed by atoms with van der Waals surface area (Å²) in [7, 11) is 0. The molecule has 2 aromatic carbocycles. The molecule has 0 saturated heterocycles. The number of carbonyl (C=O) groups is 2. The summed E-state index contributed by atoms with van der Waals surface area (Å²) in [4.78, 5) is 22.7. The molecule has 0 spiro atoms. The molecule has 1 atom stereocenters. The maximum atomic E-state index is 11.7. The van der Waals surface area contributed by atoms with E-state index in [4.69, 9.17) is 9.84 Å². The smallest absolute Gasteiger partial charge is 0.349 e. The molecular formula is C15H10O4. The van der Waals surface area contributed by atoms with Gasteiger partial charge >= 0.3 is 11.9 Å². The van der Waals surface area contributed by atoms with E-state index < -0.39 is 18.0 Å². The molecule has 1 unspecified atom stereocenters. The van der Waals surface area contributed by atoms with Gasteiger partial charge in [0, 0.05) is 5.56 Å². The van der Waals surface area contributed by atoms with Gasteiger partial charge in [-0.3, -0.25) is 0 Å². The highest BCUT2D eigenvalue weighted by Crippen LogP contribution is 2.33. The first-order valence-electron chi connectivity index (χ1n) is 5.80. The zero-order valence-electron chi connectivity index (χ0n) is 9.87. The zero-order valence-corrected chi connectivity index (χ0v) is 9.87. The van der Waals surface area contributed by atoms with Crippen LogP contribution in [-0.2, 0) is 9.53 Å². The third-order valence-corrected chi connectivity index (χ3v) is 3.11. The largest absolute Gasteiger partial charge is 0.478 e. The summed E-state index contributed by atoms with van der Waals surface area (Å²) in [6.07, 6.45) is -1.19. The van der Waals surface area contributed by atoms with Crippen LogP contribution in [0.25, 0.3) is 11.1 Å². The number of ether oxygens (including phenoxy) is 1. The number of benzene rings is 2. The van der Waals surface area contributed by atoms with Crippen molar-refractivity contribution in [3.8, 4) is 11.1 Å². The summed E-state index contributed by atoms with van der Waals surface area (Å²) in [6, 6.07) is 14.7. The zero-order chi connectivity index (χ0) is 13.4. The molecule has 0 fully saturated rings. The van der Waals surface area contributed by atoms with Crippen molar-refractivity contribution < 1.29 is 19.4 Å². The van der Waals surface area contributed by atoms with Crippen molar-refractivity contribution in [2.75, 3.05) is 0 Å². The molecule has 1 N–H and O–H groups in total. The summed E-state index contributed by atoms with van der Waals surface area (Å²) in [5.41, 5.74) is 2.57. The molecule has 0 radical (unpaired) electrons. The summed E-state index contributed by atoms with van der Waals surface area (Å²) in [5.74, 6) is -1.74. The quantitative estimate of drug-likeness (QED) is 0.837. The van der Waals surface area contributed by atoms with E-state index in [2.05, 4.69) is 0 Å². The molecule has 4 heteroatoms. The Hall–Kier alpha value is -2.62. The minimum atomic E-state index is -1.19. The van der Waals surface area contributed by atoms with Crippen molar-refractivity contribution in [1.82, 2.24) is 0 Å². The van der Waals surface area contributed by atoms with Gasteiger partial charge in [-0.25, -0.2) is 9.59 Å². The van der Waals surface area contributed by atoms with Crippen molar-refractivity contribution in [1.29, 1.82) is 0 Å². The number of rotatable bonds is 2. The van der Waals surface area contributed by atoms with Crippen LogP contribution in [0.3, 0.4) is 0 Å². The maximum absolute atomic E-state index is 11.7. The third kappa shape index (κ3) is 1.87. The topological polar surface area (TPSA) is 63.6 Å². The highest BCUT2D eigenvalue weighted by atomic mass is 16.6. The molecular weight excluding hydrogens is 244 g/mol. The Kier molecular flexibility index (Phi) is 2.56. The van der Waals surface area contributed by atoms with Crippen LogP contribution >= 0.6 is 0 Å². The minimum absolute atomic E-state index is 0.328. The fourth-order valence-corrected chi connectivity index (χ4v) is 2.19. The third-order valence-electron chi connectivity index (χ3n) is 3.11. The molecule has 94 valence electrons. The highest BCUT2D eigenvalue weighted by molar-refractivity contribution is 5.99. The predicted octanol–water partition coefficient (Wildman–Crippen LogP) is 2.65. The number of hydrogen-bond acceptors (Lipinski definition) is 3.